The van der Waals surface area contributed by atoms with Gasteiger partial charge in [0.1, 0.15) is 17.2 Å². The number of carbonyl (C=O) groups is 2. The number of nitrogens with one attached hydrogen (secondary N) is 1. The molecule has 2 saturated carbocycles. The molecule has 0 bridgehead atoms. The highest BCUT2D eigenvalue weighted by atomic mass is 16.2. The number of anilines is 2. The molecule has 7 rings (SSSR count). The largest absolute Gasteiger partial charge is 0.382 e. The summed E-state index contributed by atoms with van der Waals surface area (Å²) in [5.41, 5.74) is 10.6. The van der Waals surface area contributed by atoms with Crippen LogP contribution in [0.2, 0.25) is 0 Å². The number of piperidine rings is 1. The molecule has 0 radical (unpaired) electrons. The lowest BCUT2D eigenvalue weighted by Gasteiger charge is -2.37. The molecule has 40 heavy (non-hydrogen) atoms. The van der Waals surface area contributed by atoms with E-state index in [0.29, 0.717) is 29.7 Å². The summed E-state index contributed by atoms with van der Waals surface area (Å²) in [6.45, 7) is 2.81. The third kappa shape index (κ3) is 4.59. The second kappa shape index (κ2) is 9.73. The van der Waals surface area contributed by atoms with Gasteiger partial charge in [-0.1, -0.05) is 0 Å². The highest BCUT2D eigenvalue weighted by Gasteiger charge is 2.39. The molecule has 1 aliphatic heterocycles. The summed E-state index contributed by atoms with van der Waals surface area (Å²) >= 11 is 0. The summed E-state index contributed by atoms with van der Waals surface area (Å²) in [7, 11) is 0. The van der Waals surface area contributed by atoms with E-state index in [9.17, 15) is 9.59 Å². The van der Waals surface area contributed by atoms with Gasteiger partial charge < -0.3 is 16.0 Å². The van der Waals surface area contributed by atoms with Crippen molar-refractivity contribution in [1.82, 2.24) is 24.6 Å². The first kappa shape index (κ1) is 24.7. The van der Waals surface area contributed by atoms with Gasteiger partial charge in [0.15, 0.2) is 0 Å². The molecule has 3 aliphatic rings. The lowest BCUT2D eigenvalue weighted by Crippen LogP contribution is -2.45. The lowest BCUT2D eigenvalue weighted by molar-refractivity contribution is -0.136. The molecule has 3 N–H and O–H groups in total. The van der Waals surface area contributed by atoms with Crippen LogP contribution in [0.5, 0.6) is 0 Å². The molecular weight excluding hydrogens is 502 g/mol. The van der Waals surface area contributed by atoms with Crippen LogP contribution in [0.4, 0.5) is 11.6 Å². The van der Waals surface area contributed by atoms with E-state index in [1.165, 1.54) is 18.4 Å². The van der Waals surface area contributed by atoms with Gasteiger partial charge >= 0.3 is 0 Å². The van der Waals surface area contributed by atoms with E-state index in [0.717, 1.165) is 48.0 Å². The fourth-order valence-corrected chi connectivity index (χ4v) is 5.93. The monoisotopic (exact) mass is 535 g/mol. The SMILES string of the molecule is C[C@H]1CC[C@@H](c2nn(-c3ccc(C(=O)Nc4cc(C5CC5)ccn4)cc3)c3c(N)nccc23)CN1C(=O)C1CC1. The summed E-state index contributed by atoms with van der Waals surface area (Å²) in [4.78, 5) is 36.7. The number of nitrogen functional groups attached to an aromatic ring is 1. The summed E-state index contributed by atoms with van der Waals surface area (Å²) < 4.78 is 1.82. The number of carbonyl (C=O) groups excluding carboxylic acids is 2. The lowest BCUT2D eigenvalue weighted by atomic mass is 9.89. The van der Waals surface area contributed by atoms with E-state index in [-0.39, 0.29) is 29.7 Å². The maximum atomic E-state index is 13.0. The van der Waals surface area contributed by atoms with E-state index in [2.05, 4.69) is 27.1 Å². The predicted octanol–water partition coefficient (Wildman–Crippen LogP) is 5.03. The minimum Gasteiger partial charge on any atom is -0.382 e. The molecule has 1 aromatic carbocycles. The van der Waals surface area contributed by atoms with Crippen LogP contribution in [-0.4, -0.2) is 49.0 Å². The number of hydrogen-bond donors (Lipinski definition) is 2. The third-order valence-corrected chi connectivity index (χ3v) is 8.57. The van der Waals surface area contributed by atoms with Gasteiger partial charge in [0.2, 0.25) is 5.91 Å². The molecular formula is C31H33N7O2. The van der Waals surface area contributed by atoms with Crippen molar-refractivity contribution >= 4 is 34.4 Å². The molecule has 9 heteroatoms. The molecule has 3 fully saturated rings. The quantitative estimate of drug-likeness (QED) is 0.357. The van der Waals surface area contributed by atoms with Crippen LogP contribution >= 0.6 is 0 Å². The first-order valence-electron chi connectivity index (χ1n) is 14.3. The minimum absolute atomic E-state index is 0.119. The average Bonchev–Trinajstić information content (AvgIpc) is 3.90. The van der Waals surface area contributed by atoms with E-state index < -0.39 is 0 Å². The summed E-state index contributed by atoms with van der Waals surface area (Å²) in [6, 6.07) is 13.5. The third-order valence-electron chi connectivity index (χ3n) is 8.57. The second-order valence-corrected chi connectivity index (χ2v) is 11.5. The number of amides is 2. The number of hydrogen-bond acceptors (Lipinski definition) is 6. The fraction of sp³-hybridized carbons (Fsp3) is 0.387. The first-order valence-corrected chi connectivity index (χ1v) is 14.3. The molecule has 9 nitrogen and oxygen atoms in total. The van der Waals surface area contributed by atoms with Crippen molar-refractivity contribution in [1.29, 1.82) is 0 Å². The van der Waals surface area contributed by atoms with Crippen molar-refractivity contribution in [2.24, 2.45) is 5.92 Å². The number of nitrogens with two attached hydrogens (primary N) is 1. The van der Waals surface area contributed by atoms with Gasteiger partial charge in [0.25, 0.3) is 5.91 Å². The van der Waals surface area contributed by atoms with Crippen molar-refractivity contribution in [3.63, 3.8) is 0 Å². The van der Waals surface area contributed by atoms with Crippen LogP contribution in [0.15, 0.2) is 54.9 Å². The Labute approximate surface area is 232 Å². The van der Waals surface area contributed by atoms with E-state index in [1.54, 1.807) is 24.5 Å². The zero-order valence-corrected chi connectivity index (χ0v) is 22.6. The number of likely N-dealkylation sites (tertiary alicyclic amines) is 1. The molecule has 0 spiro atoms. The number of fused-ring (bicyclic) bond motifs is 1. The predicted molar refractivity (Wildman–Crippen MR) is 153 cm³/mol. The number of aromatic nitrogens is 4. The summed E-state index contributed by atoms with van der Waals surface area (Å²) in [5.74, 6) is 1.94. The van der Waals surface area contributed by atoms with E-state index >= 15 is 0 Å². The second-order valence-electron chi connectivity index (χ2n) is 11.5. The Balaban J connectivity index is 1.16. The molecule has 4 heterocycles. The molecule has 2 amide bonds. The van der Waals surface area contributed by atoms with Gasteiger partial charge in [-0.3, -0.25) is 9.59 Å². The highest BCUT2D eigenvalue weighted by molar-refractivity contribution is 6.04. The van der Waals surface area contributed by atoms with Crippen LogP contribution < -0.4 is 11.1 Å². The van der Waals surface area contributed by atoms with Gasteiger partial charge in [-0.2, -0.15) is 5.10 Å². The molecule has 4 aromatic rings. The van der Waals surface area contributed by atoms with Crippen LogP contribution in [-0.2, 0) is 4.79 Å². The molecule has 204 valence electrons. The van der Waals surface area contributed by atoms with Gasteiger partial charge in [0, 0.05) is 47.8 Å². The molecule has 2 aliphatic carbocycles. The van der Waals surface area contributed by atoms with Crippen LogP contribution in [0.25, 0.3) is 16.6 Å². The van der Waals surface area contributed by atoms with Crippen molar-refractivity contribution in [2.75, 3.05) is 17.6 Å². The van der Waals surface area contributed by atoms with Gasteiger partial charge in [0.05, 0.1) is 11.4 Å². The van der Waals surface area contributed by atoms with Gasteiger partial charge in [-0.15, -0.1) is 0 Å². The standard InChI is InChI=1S/C31H33N7O2/c1-18-2-3-23(17-37(18)31(40)21-6-7-21)27-25-13-15-34-29(32)28(25)38(36-27)24-10-8-20(9-11-24)30(39)35-26-16-22(12-14-33-26)19-4-5-19/h8-16,18-19,21,23H,2-7,17H2,1H3,(H2,32,34)(H,33,35,39)/t18-,23+/m0/s1. The van der Waals surface area contributed by atoms with E-state index in [4.69, 9.17) is 10.8 Å². The molecule has 3 aromatic heterocycles. The number of nitrogens with zero attached hydrogens (tertiary/aromatic N) is 5. The Bertz CT molecular complexity index is 1600. The fourth-order valence-electron chi connectivity index (χ4n) is 5.93. The van der Waals surface area contributed by atoms with Crippen molar-refractivity contribution in [2.45, 2.75) is 63.3 Å². The Kier molecular flexibility index (Phi) is 6.02. The first-order chi connectivity index (χ1) is 19.5. The number of benzene rings is 1. The highest BCUT2D eigenvalue weighted by Crippen LogP contribution is 2.41. The van der Waals surface area contributed by atoms with Crippen LogP contribution in [0.3, 0.4) is 0 Å². The van der Waals surface area contributed by atoms with Gasteiger partial charge in [-0.25, -0.2) is 14.6 Å². The molecule has 2 atom stereocenters. The Morgan fingerprint density at radius 3 is 2.42 bits per heavy atom. The molecule has 0 unspecified atom stereocenters. The van der Waals surface area contributed by atoms with Crippen LogP contribution in [0.1, 0.15) is 78.9 Å². The average molecular weight is 536 g/mol. The maximum Gasteiger partial charge on any atom is 0.256 e. The number of pyridine rings is 2. The Morgan fingerprint density at radius 1 is 0.925 bits per heavy atom. The topological polar surface area (TPSA) is 119 Å². The Morgan fingerprint density at radius 2 is 1.68 bits per heavy atom. The zero-order chi connectivity index (χ0) is 27.4. The minimum atomic E-state index is -0.212. The maximum absolute atomic E-state index is 13.0. The van der Waals surface area contributed by atoms with E-state index in [1.807, 2.05) is 35.0 Å². The normalized spacial score (nSPS) is 21.0. The van der Waals surface area contributed by atoms with Crippen molar-refractivity contribution in [3.05, 3.63) is 71.7 Å². The van der Waals surface area contributed by atoms with Crippen molar-refractivity contribution < 1.29 is 9.59 Å². The van der Waals surface area contributed by atoms with Gasteiger partial charge in [-0.05, 0) is 99.4 Å². The van der Waals surface area contributed by atoms with Crippen molar-refractivity contribution in [3.8, 4) is 5.69 Å². The summed E-state index contributed by atoms with van der Waals surface area (Å²) in [6.07, 6.45) is 9.76. The van der Waals surface area contributed by atoms with Crippen LogP contribution in [0, 0.1) is 5.92 Å². The zero-order valence-electron chi connectivity index (χ0n) is 22.6. The molecule has 1 saturated heterocycles. The Hall–Kier alpha value is -4.27. The smallest absolute Gasteiger partial charge is 0.256 e. The number of rotatable bonds is 6. The summed E-state index contributed by atoms with van der Waals surface area (Å²) in [5, 5.41) is 8.92.